The van der Waals surface area contributed by atoms with Crippen LogP contribution < -0.4 is 10.4 Å². The number of hydrogen-bond donors (Lipinski definition) is 0. The molecule has 0 bridgehead atoms. The van der Waals surface area contributed by atoms with E-state index >= 15 is 0 Å². The van der Waals surface area contributed by atoms with E-state index in [1.54, 1.807) is 0 Å². The molecule has 0 saturated heterocycles. The summed E-state index contributed by atoms with van der Waals surface area (Å²) >= 11 is 0. The second kappa shape index (κ2) is 9.14. The van der Waals surface area contributed by atoms with Gasteiger partial charge in [-0.2, -0.15) is 0 Å². The van der Waals surface area contributed by atoms with Gasteiger partial charge in [0.05, 0.1) is 0 Å². The zero-order valence-corrected chi connectivity index (χ0v) is 13.9. The monoisotopic (exact) mass is 268 g/mol. The van der Waals surface area contributed by atoms with E-state index in [2.05, 4.69) is 57.3 Å². The molecule has 0 heterocycles. The van der Waals surface area contributed by atoms with Crippen LogP contribution in [0.3, 0.4) is 0 Å². The lowest BCUT2D eigenvalue weighted by Crippen LogP contribution is -2.10. The summed E-state index contributed by atoms with van der Waals surface area (Å²) in [4.78, 5) is 0. The Morgan fingerprint density at radius 3 is 2.00 bits per heavy atom. The highest BCUT2D eigenvalue weighted by Gasteiger charge is 2.03. The van der Waals surface area contributed by atoms with E-state index in [0.717, 1.165) is 10.8 Å². The Morgan fingerprint density at radius 2 is 1.50 bits per heavy atom. The van der Waals surface area contributed by atoms with Crippen LogP contribution in [0.25, 0.3) is 29.5 Å². The van der Waals surface area contributed by atoms with Gasteiger partial charge in [-0.15, -0.1) is 0 Å². The van der Waals surface area contributed by atoms with E-state index in [4.69, 9.17) is 0 Å². The highest BCUT2D eigenvalue weighted by molar-refractivity contribution is 5.93. The molecule has 2 rings (SSSR count). The quantitative estimate of drug-likeness (QED) is 0.678. The lowest BCUT2D eigenvalue weighted by Gasteiger charge is -2.07. The van der Waals surface area contributed by atoms with Gasteiger partial charge in [0.15, 0.2) is 0 Å². The van der Waals surface area contributed by atoms with Crippen LogP contribution in [0.5, 0.6) is 0 Å². The molecular formula is C20H28. The van der Waals surface area contributed by atoms with Crippen LogP contribution in [-0.4, -0.2) is 0 Å². The third-order valence-corrected chi connectivity index (χ3v) is 3.05. The van der Waals surface area contributed by atoms with E-state index in [1.165, 1.54) is 21.6 Å². The van der Waals surface area contributed by atoms with Crippen molar-refractivity contribution >= 4 is 29.5 Å². The standard InChI is InChI=1S/C16H16.2C2H6/c1-5-13-9-10-14(6-2)16-12(4)8-7-11(3)15(13)16;2*1-2/h5-10H,1,3H2,2,4H3;2*1-2H3/b14-6-;;. The first-order chi connectivity index (χ1) is 9.69. The van der Waals surface area contributed by atoms with Gasteiger partial charge in [-0.05, 0) is 46.2 Å². The smallest absolute Gasteiger partial charge is 0.00364 e. The highest BCUT2D eigenvalue weighted by Crippen LogP contribution is 2.16. The fourth-order valence-corrected chi connectivity index (χ4v) is 2.21. The normalized spacial score (nSPS) is 10.2. The van der Waals surface area contributed by atoms with Crippen LogP contribution in [0.1, 0.15) is 45.7 Å². The molecule has 0 aliphatic rings. The molecule has 0 spiro atoms. The largest absolute Gasteiger partial charge is 0.0984 e. The second-order valence-electron chi connectivity index (χ2n) is 4.03. The van der Waals surface area contributed by atoms with Gasteiger partial charge in [0.1, 0.15) is 0 Å². The molecule has 2 aromatic rings. The molecule has 0 amide bonds. The molecule has 0 aliphatic carbocycles. The summed E-state index contributed by atoms with van der Waals surface area (Å²) in [5.74, 6) is 0. The Balaban J connectivity index is 0.000000829. The minimum atomic E-state index is 1.07. The lowest BCUT2D eigenvalue weighted by molar-refractivity contribution is 1.48. The van der Waals surface area contributed by atoms with E-state index in [0.29, 0.717) is 0 Å². The molecule has 0 unspecified atom stereocenters. The van der Waals surface area contributed by atoms with Crippen LogP contribution in [0, 0.1) is 6.92 Å². The fourth-order valence-electron chi connectivity index (χ4n) is 2.21. The third-order valence-electron chi connectivity index (χ3n) is 3.05. The van der Waals surface area contributed by atoms with Crippen molar-refractivity contribution in [3.05, 3.63) is 52.4 Å². The summed E-state index contributed by atoms with van der Waals surface area (Å²) in [5, 5.41) is 4.86. The molecular weight excluding hydrogens is 240 g/mol. The Bertz CT molecular complexity index is 660. The van der Waals surface area contributed by atoms with Crippen molar-refractivity contribution in [2.75, 3.05) is 0 Å². The van der Waals surface area contributed by atoms with Crippen molar-refractivity contribution in [1.82, 2.24) is 0 Å². The van der Waals surface area contributed by atoms with Gasteiger partial charge in [0.2, 0.25) is 0 Å². The average Bonchev–Trinajstić information content (AvgIpc) is 2.53. The van der Waals surface area contributed by atoms with Crippen molar-refractivity contribution in [3.63, 3.8) is 0 Å². The Hall–Kier alpha value is -1.82. The van der Waals surface area contributed by atoms with Crippen molar-refractivity contribution in [2.45, 2.75) is 41.5 Å². The summed E-state index contributed by atoms with van der Waals surface area (Å²) in [6.45, 7) is 20.2. The first-order valence-corrected chi connectivity index (χ1v) is 7.49. The number of rotatable bonds is 1. The van der Waals surface area contributed by atoms with E-state index in [9.17, 15) is 0 Å². The van der Waals surface area contributed by atoms with E-state index in [1.807, 2.05) is 33.8 Å². The van der Waals surface area contributed by atoms with Crippen LogP contribution in [-0.2, 0) is 0 Å². The lowest BCUT2D eigenvalue weighted by atomic mass is 9.97. The van der Waals surface area contributed by atoms with E-state index < -0.39 is 0 Å². The third kappa shape index (κ3) is 3.60. The summed E-state index contributed by atoms with van der Waals surface area (Å²) in [7, 11) is 0. The summed E-state index contributed by atoms with van der Waals surface area (Å²) in [6, 6.07) is 8.46. The molecule has 0 saturated carbocycles. The summed E-state index contributed by atoms with van der Waals surface area (Å²) < 4.78 is 0. The molecule has 0 atom stereocenters. The van der Waals surface area contributed by atoms with Crippen molar-refractivity contribution in [2.24, 2.45) is 0 Å². The van der Waals surface area contributed by atoms with Crippen molar-refractivity contribution in [3.8, 4) is 0 Å². The number of fused-ring (bicyclic) bond motifs is 1. The molecule has 0 fully saturated rings. The molecule has 0 radical (unpaired) electrons. The van der Waals surface area contributed by atoms with Gasteiger partial charge in [-0.1, -0.05) is 77.3 Å². The van der Waals surface area contributed by atoms with Gasteiger partial charge >= 0.3 is 0 Å². The number of benzene rings is 2. The number of aryl methyl sites for hydroxylation is 1. The SMILES string of the molecule is C=Cc1cc/c(=C/C)c2c(C)ccc(=C)c12.CC.CC. The maximum Gasteiger partial charge on any atom is -0.00364 e. The van der Waals surface area contributed by atoms with Crippen LogP contribution in [0.15, 0.2) is 30.8 Å². The highest BCUT2D eigenvalue weighted by atomic mass is 14.1. The predicted octanol–water partition coefficient (Wildman–Crippen LogP) is 5.05. The molecule has 0 N–H and O–H groups in total. The van der Waals surface area contributed by atoms with Gasteiger partial charge in [-0.3, -0.25) is 0 Å². The Morgan fingerprint density at radius 1 is 0.900 bits per heavy atom. The Kier molecular flexibility index (Phi) is 8.31. The molecule has 0 heteroatoms. The topological polar surface area (TPSA) is 0 Å². The summed E-state index contributed by atoms with van der Waals surface area (Å²) in [6.07, 6.45) is 4.04. The van der Waals surface area contributed by atoms with Gasteiger partial charge < -0.3 is 0 Å². The zero-order valence-electron chi connectivity index (χ0n) is 13.9. The van der Waals surface area contributed by atoms with Gasteiger partial charge in [-0.25, -0.2) is 0 Å². The molecule has 0 aliphatic heterocycles. The first kappa shape index (κ1) is 18.2. The fraction of sp³-hybridized carbons (Fsp3) is 0.300. The number of hydrogen-bond acceptors (Lipinski definition) is 0. The predicted molar refractivity (Wildman–Crippen MR) is 96.4 cm³/mol. The van der Waals surface area contributed by atoms with Crippen LogP contribution in [0.2, 0.25) is 0 Å². The Labute approximate surface area is 124 Å². The molecule has 0 nitrogen and oxygen atoms in total. The molecule has 20 heavy (non-hydrogen) atoms. The van der Waals surface area contributed by atoms with Gasteiger partial charge in [0, 0.05) is 0 Å². The van der Waals surface area contributed by atoms with Crippen molar-refractivity contribution < 1.29 is 0 Å². The van der Waals surface area contributed by atoms with Gasteiger partial charge in [0.25, 0.3) is 0 Å². The van der Waals surface area contributed by atoms with E-state index in [-0.39, 0.29) is 0 Å². The maximum absolute atomic E-state index is 4.11. The second-order valence-corrected chi connectivity index (χ2v) is 4.03. The summed E-state index contributed by atoms with van der Waals surface area (Å²) in [5.41, 5.74) is 2.45. The molecule has 2 aromatic carbocycles. The average molecular weight is 268 g/mol. The van der Waals surface area contributed by atoms with Crippen molar-refractivity contribution in [1.29, 1.82) is 0 Å². The first-order valence-electron chi connectivity index (χ1n) is 7.49. The van der Waals surface area contributed by atoms with Crippen LogP contribution >= 0.6 is 0 Å². The molecule has 108 valence electrons. The molecule has 0 aromatic heterocycles. The maximum atomic E-state index is 4.11. The minimum Gasteiger partial charge on any atom is -0.0984 e. The minimum absolute atomic E-state index is 1.07. The van der Waals surface area contributed by atoms with Crippen LogP contribution in [0.4, 0.5) is 0 Å². The zero-order chi connectivity index (χ0) is 15.7.